The summed E-state index contributed by atoms with van der Waals surface area (Å²) < 4.78 is 5.48. The summed E-state index contributed by atoms with van der Waals surface area (Å²) in [4.78, 5) is 24.6. The molecule has 0 aromatic heterocycles. The summed E-state index contributed by atoms with van der Waals surface area (Å²) in [5.74, 6) is 2.22. The van der Waals surface area contributed by atoms with Crippen molar-refractivity contribution in [3.05, 3.63) is 46.8 Å². The minimum absolute atomic E-state index is 0.0808. The van der Waals surface area contributed by atoms with Gasteiger partial charge in [0.15, 0.2) is 0 Å². The van der Waals surface area contributed by atoms with E-state index < -0.39 is 0 Å². The molecule has 0 amide bonds. The number of allylic oxidation sites excluding steroid dienone is 6. The highest BCUT2D eigenvalue weighted by molar-refractivity contribution is 5.92. The average Bonchev–Trinajstić information content (AvgIpc) is 3.21. The number of Topliss-reactive ketones (excluding diaryl/α,β-unsaturated/α-hetero) is 1. The number of hydrogen-bond acceptors (Lipinski definition) is 3. The van der Waals surface area contributed by atoms with E-state index in [4.69, 9.17) is 4.74 Å². The molecule has 0 spiro atoms. The molecule has 1 aliphatic heterocycles. The third kappa shape index (κ3) is 2.93. The molecule has 6 atom stereocenters. The quantitative estimate of drug-likeness (QED) is 0.423. The van der Waals surface area contributed by atoms with E-state index in [0.717, 1.165) is 25.7 Å². The van der Waals surface area contributed by atoms with Crippen LogP contribution in [0.25, 0.3) is 0 Å². The van der Waals surface area contributed by atoms with E-state index >= 15 is 0 Å². The van der Waals surface area contributed by atoms with Gasteiger partial charge in [-0.25, -0.2) is 4.79 Å². The van der Waals surface area contributed by atoms with Gasteiger partial charge >= 0.3 is 5.97 Å². The molecule has 2 fully saturated rings. The zero-order valence-electron chi connectivity index (χ0n) is 21.5. The van der Waals surface area contributed by atoms with Gasteiger partial charge in [-0.15, -0.1) is 0 Å². The third-order valence-electron chi connectivity index (χ3n) is 11.2. The Morgan fingerprint density at radius 1 is 1.09 bits per heavy atom. The minimum atomic E-state index is -0.223. The molecule has 2 saturated carbocycles. The van der Waals surface area contributed by atoms with E-state index in [-0.39, 0.29) is 33.5 Å². The average molecular weight is 449 g/mol. The van der Waals surface area contributed by atoms with Crippen LogP contribution in [-0.2, 0) is 14.3 Å². The molecule has 178 valence electrons. The van der Waals surface area contributed by atoms with Crippen LogP contribution in [0.15, 0.2) is 46.8 Å². The molecule has 6 unspecified atom stereocenters. The van der Waals surface area contributed by atoms with Crippen molar-refractivity contribution >= 4 is 11.8 Å². The Kier molecular flexibility index (Phi) is 4.89. The fourth-order valence-electron chi connectivity index (χ4n) is 8.46. The predicted octanol–water partition coefficient (Wildman–Crippen LogP) is 7.10. The predicted molar refractivity (Wildman–Crippen MR) is 131 cm³/mol. The molecule has 33 heavy (non-hydrogen) atoms. The highest BCUT2D eigenvalue weighted by Crippen LogP contribution is 2.69. The number of rotatable bonds is 2. The lowest BCUT2D eigenvalue weighted by Gasteiger charge is -2.60. The Bertz CT molecular complexity index is 1050. The number of carbonyl (C=O) groups is 2. The highest BCUT2D eigenvalue weighted by atomic mass is 16.5. The molecule has 0 bridgehead atoms. The molecule has 0 aromatic rings. The molecule has 1 heterocycles. The lowest BCUT2D eigenvalue weighted by Crippen LogP contribution is -2.54. The molecule has 3 nitrogen and oxygen atoms in total. The monoisotopic (exact) mass is 448 g/mol. The van der Waals surface area contributed by atoms with E-state index in [1.807, 2.05) is 13.0 Å². The zero-order chi connectivity index (χ0) is 24.0. The van der Waals surface area contributed by atoms with Crippen molar-refractivity contribution in [3.63, 3.8) is 0 Å². The van der Waals surface area contributed by atoms with Crippen LogP contribution in [0.3, 0.4) is 0 Å². The van der Waals surface area contributed by atoms with Crippen LogP contribution in [0.4, 0.5) is 0 Å². The van der Waals surface area contributed by atoms with Gasteiger partial charge in [-0.3, -0.25) is 4.79 Å². The number of ether oxygens (including phenoxy) is 1. The lowest BCUT2D eigenvalue weighted by molar-refractivity contribution is -0.143. The first-order chi connectivity index (χ1) is 15.3. The van der Waals surface area contributed by atoms with Crippen LogP contribution >= 0.6 is 0 Å². The topological polar surface area (TPSA) is 43.4 Å². The van der Waals surface area contributed by atoms with Crippen LogP contribution in [0, 0.1) is 39.4 Å². The van der Waals surface area contributed by atoms with Gasteiger partial charge < -0.3 is 4.74 Å². The van der Waals surface area contributed by atoms with Crippen LogP contribution in [0.5, 0.6) is 0 Å². The number of cyclic esters (lactones) is 1. The Labute approximate surface area is 199 Å². The van der Waals surface area contributed by atoms with Crippen molar-refractivity contribution in [1.82, 2.24) is 0 Å². The second-order valence-corrected chi connectivity index (χ2v) is 12.8. The van der Waals surface area contributed by atoms with E-state index in [9.17, 15) is 9.59 Å². The standard InChI is InChI=1S/C30H40O3/c1-18-16-20(33-26(18)32)17-19(2)29(6)14-11-23-21-8-9-24-27(3,4)25(31)12-13-28(24,5)22(21)10-15-30(23,29)7/h8,11,16-17,19,22,24H,9-10,12-15H2,1-7H3. The second-order valence-electron chi connectivity index (χ2n) is 12.8. The molecular formula is C30H40O3. The largest absolute Gasteiger partial charge is 0.423 e. The van der Waals surface area contributed by atoms with Gasteiger partial charge in [-0.05, 0) is 96.3 Å². The van der Waals surface area contributed by atoms with Crippen LogP contribution in [-0.4, -0.2) is 11.8 Å². The normalized spacial score (nSPS) is 43.7. The smallest absolute Gasteiger partial charge is 0.339 e. The first-order valence-electron chi connectivity index (χ1n) is 12.9. The zero-order valence-corrected chi connectivity index (χ0v) is 21.5. The molecule has 5 aliphatic rings. The number of esters is 1. The Balaban J connectivity index is 1.47. The number of carbonyl (C=O) groups excluding carboxylic acids is 2. The minimum Gasteiger partial charge on any atom is -0.423 e. The van der Waals surface area contributed by atoms with Gasteiger partial charge in [0.05, 0.1) is 0 Å². The molecule has 0 N–H and O–H groups in total. The van der Waals surface area contributed by atoms with Crippen LogP contribution in [0.2, 0.25) is 0 Å². The van der Waals surface area contributed by atoms with Crippen molar-refractivity contribution in [3.8, 4) is 0 Å². The van der Waals surface area contributed by atoms with Crippen molar-refractivity contribution < 1.29 is 14.3 Å². The molecule has 4 aliphatic carbocycles. The van der Waals surface area contributed by atoms with Crippen LogP contribution < -0.4 is 0 Å². The van der Waals surface area contributed by atoms with Gasteiger partial charge in [0.1, 0.15) is 11.5 Å². The first kappa shape index (κ1) is 22.9. The molecule has 0 saturated heterocycles. The van der Waals surface area contributed by atoms with Crippen molar-refractivity contribution in [2.45, 2.75) is 87.0 Å². The number of fused-ring (bicyclic) bond motifs is 5. The molecular weight excluding hydrogens is 408 g/mol. The summed E-state index contributed by atoms with van der Waals surface area (Å²) in [5, 5.41) is 0. The lowest BCUT2D eigenvalue weighted by atomic mass is 9.43. The van der Waals surface area contributed by atoms with E-state index in [2.05, 4.69) is 59.8 Å². The number of hydrogen-bond donors (Lipinski definition) is 0. The summed E-state index contributed by atoms with van der Waals surface area (Å²) in [7, 11) is 0. The molecule has 0 radical (unpaired) electrons. The first-order valence-corrected chi connectivity index (χ1v) is 12.9. The third-order valence-corrected chi connectivity index (χ3v) is 11.2. The van der Waals surface area contributed by atoms with Crippen molar-refractivity contribution in [2.24, 2.45) is 39.4 Å². The van der Waals surface area contributed by atoms with E-state index in [0.29, 0.717) is 29.0 Å². The fraction of sp³-hybridized carbons (Fsp3) is 0.667. The summed E-state index contributed by atoms with van der Waals surface area (Å²) in [5.41, 5.74) is 4.00. The SMILES string of the molecule is CC1=CC(=CC(C)C2(C)CC=C3C4=CCC5C(C)(C)C(=O)CCC5(C)C4CCC32C)OC1=O. The highest BCUT2D eigenvalue weighted by Gasteiger charge is 2.61. The van der Waals surface area contributed by atoms with Gasteiger partial charge in [-0.1, -0.05) is 53.7 Å². The summed E-state index contributed by atoms with van der Waals surface area (Å²) >= 11 is 0. The van der Waals surface area contributed by atoms with Crippen molar-refractivity contribution in [2.75, 3.05) is 0 Å². The maximum absolute atomic E-state index is 12.8. The Morgan fingerprint density at radius 3 is 2.48 bits per heavy atom. The van der Waals surface area contributed by atoms with E-state index in [1.165, 1.54) is 12.8 Å². The Hall–Kier alpha value is -1.90. The van der Waals surface area contributed by atoms with Gasteiger partial charge in [0, 0.05) is 17.4 Å². The molecule has 5 rings (SSSR count). The van der Waals surface area contributed by atoms with Crippen LogP contribution in [0.1, 0.15) is 87.0 Å². The number of ketones is 1. The van der Waals surface area contributed by atoms with E-state index in [1.54, 1.807) is 11.1 Å². The molecule has 0 aromatic carbocycles. The summed E-state index contributed by atoms with van der Waals surface area (Å²) in [6.07, 6.45) is 15.3. The summed E-state index contributed by atoms with van der Waals surface area (Å²) in [6.45, 7) is 15.9. The maximum Gasteiger partial charge on any atom is 0.339 e. The Morgan fingerprint density at radius 2 is 1.82 bits per heavy atom. The molecule has 3 heteroatoms. The van der Waals surface area contributed by atoms with Gasteiger partial charge in [0.2, 0.25) is 0 Å². The fourth-order valence-corrected chi connectivity index (χ4v) is 8.46. The van der Waals surface area contributed by atoms with Gasteiger partial charge in [-0.2, -0.15) is 0 Å². The van der Waals surface area contributed by atoms with Crippen molar-refractivity contribution in [1.29, 1.82) is 0 Å². The summed E-state index contributed by atoms with van der Waals surface area (Å²) in [6, 6.07) is 0. The van der Waals surface area contributed by atoms with Gasteiger partial charge in [0.25, 0.3) is 0 Å². The maximum atomic E-state index is 12.8. The second kappa shape index (κ2) is 7.06.